The molecule has 0 unspecified atom stereocenters. The van der Waals surface area contributed by atoms with Crippen molar-refractivity contribution in [2.75, 3.05) is 13.2 Å². The summed E-state index contributed by atoms with van der Waals surface area (Å²) in [6.07, 6.45) is 62.2. The highest BCUT2D eigenvalue weighted by Crippen LogP contribution is 2.17. The van der Waals surface area contributed by atoms with Crippen LogP contribution in [-0.4, -0.2) is 24.3 Å². The number of aliphatic hydroxyl groups excluding tert-OH is 1. The molecule has 0 saturated heterocycles. The van der Waals surface area contributed by atoms with Crippen molar-refractivity contribution in [3.63, 3.8) is 0 Å². The van der Waals surface area contributed by atoms with E-state index in [-0.39, 0.29) is 5.97 Å². The van der Waals surface area contributed by atoms with Gasteiger partial charge in [0.05, 0.1) is 6.61 Å². The first-order valence-electron chi connectivity index (χ1n) is 24.2. The molecule has 0 rings (SSSR count). The van der Waals surface area contributed by atoms with Crippen LogP contribution in [0.25, 0.3) is 0 Å². The van der Waals surface area contributed by atoms with Crippen molar-refractivity contribution in [1.29, 1.82) is 0 Å². The summed E-state index contributed by atoms with van der Waals surface area (Å²) < 4.78 is 5.45. The van der Waals surface area contributed by atoms with Crippen LogP contribution in [-0.2, 0) is 9.53 Å². The molecular weight excluding hydrogens is 637 g/mol. The fraction of sp³-hybridized carbons (Fsp3) is 0.939. The second-order valence-electron chi connectivity index (χ2n) is 16.5. The zero-order chi connectivity index (χ0) is 37.5. The zero-order valence-electron chi connectivity index (χ0n) is 35.7. The molecule has 0 aromatic carbocycles. The third-order valence-corrected chi connectivity index (χ3v) is 11.2. The molecule has 0 atom stereocenters. The molecule has 0 aliphatic heterocycles. The normalized spacial score (nSPS) is 11.7. The van der Waals surface area contributed by atoms with E-state index >= 15 is 0 Å². The van der Waals surface area contributed by atoms with Gasteiger partial charge in [0.15, 0.2) is 0 Å². The number of unbranched alkanes of at least 4 members (excludes halogenated alkanes) is 39. The summed E-state index contributed by atoms with van der Waals surface area (Å²) >= 11 is 0. The Balaban J connectivity index is 3.12. The summed E-state index contributed by atoms with van der Waals surface area (Å²) in [6, 6.07) is 0. The van der Waals surface area contributed by atoms with E-state index in [2.05, 4.69) is 19.1 Å². The number of carbonyl (C=O) groups is 1. The Hall–Kier alpha value is -0.830. The minimum absolute atomic E-state index is 0.0157. The lowest BCUT2D eigenvalue weighted by atomic mass is 10.0. The van der Waals surface area contributed by atoms with Gasteiger partial charge in [-0.1, -0.05) is 250 Å². The standard InChI is InChI=1S/C49H96O3/c1-2-3-4-5-6-7-31-34-37-40-43-46-49(51)52-48-45-42-39-36-33-30-28-26-24-22-20-18-16-14-12-10-8-9-11-13-15-17-19-21-23-25-27-29-32-35-38-41-44-47-50/h5-6,50H,2-4,7-48H2,1H3/b6-5-. The Morgan fingerprint density at radius 1 is 0.365 bits per heavy atom. The third-order valence-electron chi connectivity index (χ3n) is 11.2. The molecule has 0 bridgehead atoms. The lowest BCUT2D eigenvalue weighted by molar-refractivity contribution is -0.143. The van der Waals surface area contributed by atoms with Crippen molar-refractivity contribution in [2.24, 2.45) is 0 Å². The van der Waals surface area contributed by atoms with Crippen molar-refractivity contribution in [2.45, 2.75) is 283 Å². The molecule has 0 spiro atoms. The van der Waals surface area contributed by atoms with Gasteiger partial charge >= 0.3 is 5.97 Å². The van der Waals surface area contributed by atoms with Gasteiger partial charge in [0, 0.05) is 13.0 Å². The maximum Gasteiger partial charge on any atom is 0.305 e. The average Bonchev–Trinajstić information content (AvgIpc) is 3.15. The monoisotopic (exact) mass is 733 g/mol. The minimum Gasteiger partial charge on any atom is -0.466 e. The summed E-state index contributed by atoms with van der Waals surface area (Å²) in [4.78, 5) is 11.9. The molecule has 0 aromatic heterocycles. The molecule has 3 nitrogen and oxygen atoms in total. The quantitative estimate of drug-likeness (QED) is 0.0385. The van der Waals surface area contributed by atoms with Crippen molar-refractivity contribution in [3.8, 4) is 0 Å². The first-order valence-corrected chi connectivity index (χ1v) is 24.2. The van der Waals surface area contributed by atoms with Crippen LogP contribution in [0.1, 0.15) is 283 Å². The number of allylic oxidation sites excluding steroid dienone is 2. The summed E-state index contributed by atoms with van der Waals surface area (Å²) in [6.45, 7) is 3.24. The number of carbonyl (C=O) groups excluding carboxylic acids is 1. The van der Waals surface area contributed by atoms with Gasteiger partial charge in [-0.3, -0.25) is 4.79 Å². The first kappa shape index (κ1) is 51.2. The van der Waals surface area contributed by atoms with Crippen LogP contribution in [0.4, 0.5) is 0 Å². The summed E-state index contributed by atoms with van der Waals surface area (Å²) in [5.74, 6) is 0.0157. The van der Waals surface area contributed by atoms with E-state index in [9.17, 15) is 4.79 Å². The molecule has 3 heteroatoms. The topological polar surface area (TPSA) is 46.5 Å². The maximum atomic E-state index is 11.9. The third kappa shape index (κ3) is 47.2. The largest absolute Gasteiger partial charge is 0.466 e. The predicted molar refractivity (Wildman–Crippen MR) is 231 cm³/mol. The lowest BCUT2D eigenvalue weighted by Crippen LogP contribution is -2.05. The second-order valence-corrected chi connectivity index (χ2v) is 16.5. The van der Waals surface area contributed by atoms with E-state index in [0.29, 0.717) is 19.6 Å². The Morgan fingerprint density at radius 3 is 0.962 bits per heavy atom. The highest BCUT2D eigenvalue weighted by molar-refractivity contribution is 5.69. The van der Waals surface area contributed by atoms with Gasteiger partial charge < -0.3 is 9.84 Å². The molecule has 0 aliphatic carbocycles. The van der Waals surface area contributed by atoms with Crippen LogP contribution in [0, 0.1) is 0 Å². The minimum atomic E-state index is 0.0157. The summed E-state index contributed by atoms with van der Waals surface area (Å²) in [5, 5.41) is 8.81. The van der Waals surface area contributed by atoms with Crippen molar-refractivity contribution in [3.05, 3.63) is 12.2 Å². The van der Waals surface area contributed by atoms with Crippen LogP contribution < -0.4 is 0 Å². The number of ether oxygens (including phenoxy) is 1. The van der Waals surface area contributed by atoms with Crippen molar-refractivity contribution < 1.29 is 14.6 Å². The smallest absolute Gasteiger partial charge is 0.305 e. The molecule has 0 saturated carbocycles. The Morgan fingerprint density at radius 2 is 0.635 bits per heavy atom. The van der Waals surface area contributed by atoms with E-state index in [4.69, 9.17) is 9.84 Å². The number of aliphatic hydroxyl groups is 1. The molecule has 0 fully saturated rings. The van der Waals surface area contributed by atoms with E-state index in [0.717, 1.165) is 25.7 Å². The Kier molecular flexibility index (Phi) is 47.4. The van der Waals surface area contributed by atoms with E-state index < -0.39 is 0 Å². The van der Waals surface area contributed by atoms with Crippen LogP contribution in [0.3, 0.4) is 0 Å². The van der Waals surface area contributed by atoms with Gasteiger partial charge in [0.2, 0.25) is 0 Å². The molecule has 1 N–H and O–H groups in total. The number of esters is 1. The molecule has 0 aliphatic rings. The fourth-order valence-electron chi connectivity index (χ4n) is 7.57. The second kappa shape index (κ2) is 48.2. The van der Waals surface area contributed by atoms with Crippen LogP contribution in [0.2, 0.25) is 0 Å². The van der Waals surface area contributed by atoms with Gasteiger partial charge in [-0.15, -0.1) is 0 Å². The molecular formula is C49H96O3. The van der Waals surface area contributed by atoms with Gasteiger partial charge in [-0.2, -0.15) is 0 Å². The molecule has 0 radical (unpaired) electrons. The maximum absolute atomic E-state index is 11.9. The predicted octanol–water partition coefficient (Wildman–Crippen LogP) is 16.9. The highest BCUT2D eigenvalue weighted by Gasteiger charge is 2.03. The SMILES string of the molecule is CCCC/C=C\CCCCCCCC(=O)OCCCCCCCCCCCCCCCCCCCCCCCCCCCCCCCCCCCO. The lowest BCUT2D eigenvalue weighted by Gasteiger charge is -2.06. The fourth-order valence-corrected chi connectivity index (χ4v) is 7.57. The summed E-state index contributed by atoms with van der Waals surface area (Å²) in [5.41, 5.74) is 0. The molecule has 52 heavy (non-hydrogen) atoms. The van der Waals surface area contributed by atoms with Gasteiger partial charge in [-0.05, 0) is 38.5 Å². The Bertz CT molecular complexity index is 673. The van der Waals surface area contributed by atoms with E-state index in [1.165, 1.54) is 244 Å². The van der Waals surface area contributed by atoms with Crippen LogP contribution in [0.15, 0.2) is 12.2 Å². The zero-order valence-corrected chi connectivity index (χ0v) is 35.7. The average molecular weight is 733 g/mol. The molecule has 0 heterocycles. The number of hydrogen-bond donors (Lipinski definition) is 1. The number of rotatable bonds is 46. The van der Waals surface area contributed by atoms with Crippen LogP contribution in [0.5, 0.6) is 0 Å². The van der Waals surface area contributed by atoms with E-state index in [1.54, 1.807) is 0 Å². The first-order chi connectivity index (χ1) is 25.8. The molecule has 0 amide bonds. The number of hydrogen-bond acceptors (Lipinski definition) is 3. The van der Waals surface area contributed by atoms with Gasteiger partial charge in [0.1, 0.15) is 0 Å². The van der Waals surface area contributed by atoms with E-state index in [1.807, 2.05) is 0 Å². The molecule has 0 aromatic rings. The van der Waals surface area contributed by atoms with Crippen LogP contribution >= 0.6 is 0 Å². The Labute approximate surface area is 328 Å². The highest BCUT2D eigenvalue weighted by atomic mass is 16.5. The van der Waals surface area contributed by atoms with Crippen molar-refractivity contribution >= 4 is 5.97 Å². The van der Waals surface area contributed by atoms with Gasteiger partial charge in [-0.25, -0.2) is 0 Å². The molecule has 310 valence electrons. The van der Waals surface area contributed by atoms with Gasteiger partial charge in [0.25, 0.3) is 0 Å². The summed E-state index contributed by atoms with van der Waals surface area (Å²) in [7, 11) is 0. The van der Waals surface area contributed by atoms with Crippen molar-refractivity contribution in [1.82, 2.24) is 0 Å².